The number of pyridine rings is 1. The van der Waals surface area contributed by atoms with E-state index in [0.29, 0.717) is 6.04 Å². The molecule has 5 heteroatoms. The summed E-state index contributed by atoms with van der Waals surface area (Å²) in [4.78, 5) is 9.03. The van der Waals surface area contributed by atoms with E-state index in [2.05, 4.69) is 21.7 Å². The van der Waals surface area contributed by atoms with Gasteiger partial charge in [0.05, 0.1) is 36.8 Å². The summed E-state index contributed by atoms with van der Waals surface area (Å²) in [6.07, 6.45) is 3.63. The van der Waals surface area contributed by atoms with Crippen molar-refractivity contribution in [2.24, 2.45) is 0 Å². The number of piperazine rings is 1. The van der Waals surface area contributed by atoms with Gasteiger partial charge in [-0.3, -0.25) is 9.88 Å². The monoisotopic (exact) mass is 248 g/mol. The predicted molar refractivity (Wildman–Crippen MR) is 71.8 cm³/mol. The van der Waals surface area contributed by atoms with E-state index in [4.69, 9.17) is 10.5 Å². The molecular formula is C13H20N4O. The fourth-order valence-electron chi connectivity index (χ4n) is 2.96. The van der Waals surface area contributed by atoms with E-state index in [1.54, 1.807) is 6.20 Å². The number of aryl methyl sites for hydroxylation is 1. The van der Waals surface area contributed by atoms with Crippen molar-refractivity contribution in [2.45, 2.75) is 13.0 Å². The maximum atomic E-state index is 6.07. The molecule has 0 spiro atoms. The number of ether oxygens (including phenoxy) is 1. The Labute approximate surface area is 108 Å². The number of nitrogens with two attached hydrogens (primary N) is 1. The van der Waals surface area contributed by atoms with Crippen LogP contribution in [-0.4, -0.2) is 55.3 Å². The van der Waals surface area contributed by atoms with E-state index in [9.17, 15) is 0 Å². The maximum Gasteiger partial charge on any atom is 0.0741 e. The Kier molecular flexibility index (Phi) is 3.09. The van der Waals surface area contributed by atoms with Crippen LogP contribution >= 0.6 is 0 Å². The molecule has 2 aliphatic rings. The summed E-state index contributed by atoms with van der Waals surface area (Å²) in [6, 6.07) is 0.500. The van der Waals surface area contributed by atoms with Crippen molar-refractivity contribution in [3.63, 3.8) is 0 Å². The summed E-state index contributed by atoms with van der Waals surface area (Å²) in [7, 11) is 0. The molecule has 1 aromatic heterocycles. The summed E-state index contributed by atoms with van der Waals surface area (Å²) < 4.78 is 5.57. The Balaban J connectivity index is 1.81. The zero-order valence-corrected chi connectivity index (χ0v) is 10.8. The van der Waals surface area contributed by atoms with Gasteiger partial charge >= 0.3 is 0 Å². The highest BCUT2D eigenvalue weighted by atomic mass is 16.5. The minimum absolute atomic E-state index is 0.500. The summed E-state index contributed by atoms with van der Waals surface area (Å²) in [5.74, 6) is 0. The van der Waals surface area contributed by atoms with Gasteiger partial charge in [-0.1, -0.05) is 0 Å². The first kappa shape index (κ1) is 11.7. The molecule has 0 radical (unpaired) electrons. The molecule has 0 unspecified atom stereocenters. The van der Waals surface area contributed by atoms with E-state index < -0.39 is 0 Å². The lowest BCUT2D eigenvalue weighted by molar-refractivity contribution is -0.0116. The number of hydrogen-bond acceptors (Lipinski definition) is 5. The molecule has 5 nitrogen and oxygen atoms in total. The molecule has 18 heavy (non-hydrogen) atoms. The standard InChI is InChI=1S/C13H20N4O/c1-10-6-15-7-12(14)13(10)17-3-2-16-4-5-18-9-11(16)8-17/h6-7,11H,2-5,8-9,14H2,1H3/t11-/m0/s1. The Bertz CT molecular complexity index is 417. The van der Waals surface area contributed by atoms with Crippen LogP contribution in [0.15, 0.2) is 12.4 Å². The van der Waals surface area contributed by atoms with Crippen LogP contribution in [-0.2, 0) is 4.74 Å². The molecule has 0 bridgehead atoms. The van der Waals surface area contributed by atoms with Gasteiger partial charge in [-0.25, -0.2) is 0 Å². The minimum atomic E-state index is 0.500. The van der Waals surface area contributed by atoms with Gasteiger partial charge in [0.25, 0.3) is 0 Å². The Morgan fingerprint density at radius 1 is 1.33 bits per heavy atom. The number of aromatic nitrogens is 1. The van der Waals surface area contributed by atoms with Gasteiger partial charge in [-0.2, -0.15) is 0 Å². The molecule has 98 valence electrons. The number of rotatable bonds is 1. The van der Waals surface area contributed by atoms with Crippen LogP contribution in [0.1, 0.15) is 5.56 Å². The van der Waals surface area contributed by atoms with Crippen molar-refractivity contribution in [1.29, 1.82) is 0 Å². The number of hydrogen-bond donors (Lipinski definition) is 1. The second-order valence-electron chi connectivity index (χ2n) is 5.10. The van der Waals surface area contributed by atoms with Gasteiger partial charge in [0.15, 0.2) is 0 Å². The third-order valence-electron chi connectivity index (χ3n) is 3.88. The molecule has 0 aromatic carbocycles. The highest BCUT2D eigenvalue weighted by Gasteiger charge is 2.30. The average Bonchev–Trinajstić information content (AvgIpc) is 2.38. The van der Waals surface area contributed by atoms with E-state index in [-0.39, 0.29) is 0 Å². The Morgan fingerprint density at radius 2 is 2.22 bits per heavy atom. The lowest BCUT2D eigenvalue weighted by Crippen LogP contribution is -2.58. The van der Waals surface area contributed by atoms with Gasteiger partial charge in [-0.05, 0) is 12.5 Å². The normalized spacial score (nSPS) is 24.9. The number of fused-ring (bicyclic) bond motifs is 1. The van der Waals surface area contributed by atoms with Crippen LogP contribution in [0.2, 0.25) is 0 Å². The molecule has 0 amide bonds. The molecule has 1 aromatic rings. The van der Waals surface area contributed by atoms with Crippen molar-refractivity contribution < 1.29 is 4.74 Å². The molecule has 2 N–H and O–H groups in total. The molecule has 0 saturated carbocycles. The highest BCUT2D eigenvalue weighted by molar-refractivity contribution is 5.70. The fourth-order valence-corrected chi connectivity index (χ4v) is 2.96. The van der Waals surface area contributed by atoms with Gasteiger partial charge in [-0.15, -0.1) is 0 Å². The van der Waals surface area contributed by atoms with Crippen LogP contribution in [0.3, 0.4) is 0 Å². The van der Waals surface area contributed by atoms with Gasteiger partial charge in [0.1, 0.15) is 0 Å². The van der Waals surface area contributed by atoms with Crippen molar-refractivity contribution >= 4 is 11.4 Å². The molecule has 2 saturated heterocycles. The van der Waals surface area contributed by atoms with E-state index in [0.717, 1.165) is 56.3 Å². The number of anilines is 2. The van der Waals surface area contributed by atoms with E-state index >= 15 is 0 Å². The first-order valence-electron chi connectivity index (χ1n) is 6.52. The van der Waals surface area contributed by atoms with Crippen molar-refractivity contribution in [3.8, 4) is 0 Å². The molecule has 2 aliphatic heterocycles. The number of nitrogen functional groups attached to an aromatic ring is 1. The Hall–Kier alpha value is -1.33. The molecule has 3 rings (SSSR count). The molecule has 1 atom stereocenters. The number of nitrogens with zero attached hydrogens (tertiary/aromatic N) is 3. The topological polar surface area (TPSA) is 54.6 Å². The summed E-state index contributed by atoms with van der Waals surface area (Å²) in [6.45, 7) is 7.95. The smallest absolute Gasteiger partial charge is 0.0741 e. The lowest BCUT2D eigenvalue weighted by atomic mass is 10.1. The van der Waals surface area contributed by atoms with Crippen molar-refractivity contribution in [3.05, 3.63) is 18.0 Å². The third-order valence-corrected chi connectivity index (χ3v) is 3.88. The van der Waals surface area contributed by atoms with Gasteiger partial charge in [0.2, 0.25) is 0 Å². The van der Waals surface area contributed by atoms with Gasteiger partial charge in [0, 0.05) is 32.4 Å². The van der Waals surface area contributed by atoms with Crippen molar-refractivity contribution in [2.75, 3.05) is 50.0 Å². The second-order valence-corrected chi connectivity index (χ2v) is 5.10. The first-order chi connectivity index (χ1) is 8.75. The molecule has 2 fully saturated rings. The average molecular weight is 248 g/mol. The van der Waals surface area contributed by atoms with Crippen LogP contribution < -0.4 is 10.6 Å². The summed E-state index contributed by atoms with van der Waals surface area (Å²) >= 11 is 0. The second kappa shape index (κ2) is 4.74. The van der Waals surface area contributed by atoms with Crippen LogP contribution in [0.4, 0.5) is 11.4 Å². The van der Waals surface area contributed by atoms with Gasteiger partial charge < -0.3 is 15.4 Å². The maximum absolute atomic E-state index is 6.07. The molecular weight excluding hydrogens is 228 g/mol. The van der Waals surface area contributed by atoms with Crippen molar-refractivity contribution in [1.82, 2.24) is 9.88 Å². The van der Waals surface area contributed by atoms with Crippen LogP contribution in [0.5, 0.6) is 0 Å². The highest BCUT2D eigenvalue weighted by Crippen LogP contribution is 2.28. The Morgan fingerprint density at radius 3 is 3.06 bits per heavy atom. The third kappa shape index (κ3) is 2.04. The van der Waals surface area contributed by atoms with Crippen LogP contribution in [0.25, 0.3) is 0 Å². The number of morpholine rings is 1. The van der Waals surface area contributed by atoms with E-state index in [1.165, 1.54) is 0 Å². The first-order valence-corrected chi connectivity index (χ1v) is 6.52. The SMILES string of the molecule is Cc1cncc(N)c1N1CCN2CCOC[C@@H]2C1. The minimum Gasteiger partial charge on any atom is -0.396 e. The zero-order chi connectivity index (χ0) is 12.5. The largest absolute Gasteiger partial charge is 0.396 e. The van der Waals surface area contributed by atoms with Crippen LogP contribution in [0, 0.1) is 6.92 Å². The zero-order valence-electron chi connectivity index (χ0n) is 10.8. The molecule has 0 aliphatic carbocycles. The summed E-state index contributed by atoms with van der Waals surface area (Å²) in [5, 5.41) is 0. The quantitative estimate of drug-likeness (QED) is 0.784. The fraction of sp³-hybridized carbons (Fsp3) is 0.615. The lowest BCUT2D eigenvalue weighted by Gasteiger charge is -2.45. The molecule has 3 heterocycles. The van der Waals surface area contributed by atoms with E-state index in [1.807, 2.05) is 6.20 Å². The summed E-state index contributed by atoms with van der Waals surface area (Å²) in [5.41, 5.74) is 9.15. The predicted octanol–water partition coefficient (Wildman–Crippen LogP) is 0.493.